The van der Waals surface area contributed by atoms with Gasteiger partial charge < -0.3 is 9.47 Å². The molecule has 152 valence electrons. The number of nitrogens with zero attached hydrogens (tertiary/aromatic N) is 1. The number of methoxy groups -OCH3 is 2. The lowest BCUT2D eigenvalue weighted by Crippen LogP contribution is -2.34. The summed E-state index contributed by atoms with van der Waals surface area (Å²) in [6, 6.07) is 20.5. The van der Waals surface area contributed by atoms with Gasteiger partial charge >= 0.3 is 0 Å². The summed E-state index contributed by atoms with van der Waals surface area (Å²) in [5, 5.41) is 0. The van der Waals surface area contributed by atoms with Crippen molar-refractivity contribution < 1.29 is 17.9 Å². The molecule has 0 spiro atoms. The van der Waals surface area contributed by atoms with Crippen LogP contribution in [0.2, 0.25) is 0 Å². The highest BCUT2D eigenvalue weighted by molar-refractivity contribution is 9.10. The summed E-state index contributed by atoms with van der Waals surface area (Å²) in [5.74, 6) is 1.22. The highest BCUT2D eigenvalue weighted by Crippen LogP contribution is 2.37. The Hall–Kier alpha value is -2.51. The van der Waals surface area contributed by atoms with Crippen LogP contribution in [0.3, 0.4) is 0 Å². The van der Waals surface area contributed by atoms with Crippen LogP contribution in [0.15, 0.2) is 82.2 Å². The summed E-state index contributed by atoms with van der Waals surface area (Å²) in [4.78, 5) is 0.181. The lowest BCUT2D eigenvalue weighted by Gasteiger charge is -2.31. The van der Waals surface area contributed by atoms with E-state index in [0.29, 0.717) is 17.2 Å². The van der Waals surface area contributed by atoms with E-state index in [0.717, 1.165) is 10.0 Å². The van der Waals surface area contributed by atoms with Crippen molar-refractivity contribution in [2.24, 2.45) is 0 Å². The lowest BCUT2D eigenvalue weighted by atomic mass is 10.1. The molecule has 29 heavy (non-hydrogen) atoms. The molecule has 3 rings (SSSR count). The van der Waals surface area contributed by atoms with Gasteiger partial charge in [0.05, 0.1) is 30.8 Å². The van der Waals surface area contributed by atoms with Gasteiger partial charge in [-0.3, -0.25) is 4.31 Å². The molecule has 3 aromatic carbocycles. The van der Waals surface area contributed by atoms with Crippen molar-refractivity contribution in [1.82, 2.24) is 0 Å². The van der Waals surface area contributed by atoms with Crippen molar-refractivity contribution in [3.8, 4) is 11.5 Å². The molecule has 0 bridgehead atoms. The lowest BCUT2D eigenvalue weighted by molar-refractivity contribution is 0.407. The van der Waals surface area contributed by atoms with Crippen LogP contribution in [-0.4, -0.2) is 22.6 Å². The molecule has 3 aromatic rings. The molecule has 0 saturated heterocycles. The maximum atomic E-state index is 13.7. The van der Waals surface area contributed by atoms with Crippen molar-refractivity contribution >= 4 is 31.6 Å². The van der Waals surface area contributed by atoms with Gasteiger partial charge in [0, 0.05) is 10.0 Å². The van der Waals surface area contributed by atoms with Crippen LogP contribution in [0.5, 0.6) is 11.5 Å². The van der Waals surface area contributed by atoms with Gasteiger partial charge in [-0.15, -0.1) is 0 Å². The Balaban J connectivity index is 2.17. The van der Waals surface area contributed by atoms with E-state index in [9.17, 15) is 8.42 Å². The topological polar surface area (TPSA) is 55.8 Å². The fourth-order valence-electron chi connectivity index (χ4n) is 3.18. The van der Waals surface area contributed by atoms with Crippen LogP contribution in [0.25, 0.3) is 0 Å². The molecule has 0 amide bonds. The Kier molecular flexibility index (Phi) is 6.49. The minimum atomic E-state index is -3.87. The Morgan fingerprint density at radius 3 is 2.21 bits per heavy atom. The summed E-state index contributed by atoms with van der Waals surface area (Å²) >= 11 is 3.44. The van der Waals surface area contributed by atoms with Crippen LogP contribution in [0.4, 0.5) is 5.69 Å². The quantitative estimate of drug-likeness (QED) is 0.457. The molecule has 0 saturated carbocycles. The van der Waals surface area contributed by atoms with Crippen molar-refractivity contribution in [1.29, 1.82) is 0 Å². The van der Waals surface area contributed by atoms with Gasteiger partial charge in [-0.2, -0.15) is 0 Å². The molecule has 0 heterocycles. The predicted molar refractivity (Wildman–Crippen MR) is 118 cm³/mol. The first kappa shape index (κ1) is 21.2. The number of hydrogen-bond acceptors (Lipinski definition) is 4. The van der Waals surface area contributed by atoms with Crippen LogP contribution >= 0.6 is 15.9 Å². The summed E-state index contributed by atoms with van der Waals surface area (Å²) in [6.45, 7) is 1.85. The van der Waals surface area contributed by atoms with Crippen LogP contribution in [-0.2, 0) is 10.0 Å². The van der Waals surface area contributed by atoms with Gasteiger partial charge in [-0.25, -0.2) is 8.42 Å². The van der Waals surface area contributed by atoms with Gasteiger partial charge in [0.1, 0.15) is 11.5 Å². The molecular formula is C22H22BrNO4S. The molecule has 1 unspecified atom stereocenters. The number of benzene rings is 3. The number of rotatable bonds is 7. The average molecular weight is 476 g/mol. The van der Waals surface area contributed by atoms with Crippen LogP contribution < -0.4 is 13.8 Å². The first-order valence-electron chi connectivity index (χ1n) is 8.95. The second-order valence-electron chi connectivity index (χ2n) is 6.37. The molecule has 5 nitrogen and oxygen atoms in total. The zero-order valence-corrected chi connectivity index (χ0v) is 18.8. The van der Waals surface area contributed by atoms with Crippen molar-refractivity contribution in [3.63, 3.8) is 0 Å². The van der Waals surface area contributed by atoms with E-state index in [-0.39, 0.29) is 4.90 Å². The van der Waals surface area contributed by atoms with Crippen LogP contribution in [0, 0.1) is 0 Å². The van der Waals surface area contributed by atoms with E-state index in [1.165, 1.54) is 4.31 Å². The number of ether oxygens (including phenoxy) is 2. The third-order valence-corrected chi connectivity index (χ3v) is 7.03. The van der Waals surface area contributed by atoms with Crippen molar-refractivity contribution in [3.05, 3.63) is 82.8 Å². The minimum absolute atomic E-state index is 0.181. The minimum Gasteiger partial charge on any atom is -0.497 e. The number of anilines is 1. The van der Waals surface area contributed by atoms with E-state index in [1.807, 2.05) is 43.3 Å². The molecule has 0 aliphatic heterocycles. The van der Waals surface area contributed by atoms with Gasteiger partial charge in [0.2, 0.25) is 0 Å². The molecule has 0 aliphatic carbocycles. The first-order valence-corrected chi connectivity index (χ1v) is 11.2. The third kappa shape index (κ3) is 4.41. The van der Waals surface area contributed by atoms with E-state index < -0.39 is 16.1 Å². The van der Waals surface area contributed by atoms with Gasteiger partial charge in [-0.05, 0) is 55.5 Å². The van der Waals surface area contributed by atoms with Gasteiger partial charge in [0.25, 0.3) is 10.0 Å². The fraction of sp³-hybridized carbons (Fsp3) is 0.182. The Morgan fingerprint density at radius 2 is 1.59 bits per heavy atom. The summed E-state index contributed by atoms with van der Waals surface area (Å²) in [7, 11) is -0.748. The average Bonchev–Trinajstić information content (AvgIpc) is 2.73. The fourth-order valence-corrected chi connectivity index (χ4v) is 5.20. The number of halogens is 1. The molecule has 0 aromatic heterocycles. The zero-order chi connectivity index (χ0) is 21.0. The summed E-state index contributed by atoms with van der Waals surface area (Å²) in [5.41, 5.74) is 1.32. The summed E-state index contributed by atoms with van der Waals surface area (Å²) < 4.78 is 40.2. The first-order chi connectivity index (χ1) is 13.9. The third-order valence-electron chi connectivity index (χ3n) is 4.62. The molecule has 0 fully saturated rings. The van der Waals surface area contributed by atoms with E-state index >= 15 is 0 Å². The Morgan fingerprint density at radius 1 is 0.897 bits per heavy atom. The molecule has 0 N–H and O–H groups in total. The van der Waals surface area contributed by atoms with Crippen molar-refractivity contribution in [2.45, 2.75) is 17.9 Å². The second kappa shape index (κ2) is 8.88. The molecule has 0 aliphatic rings. The Labute approximate surface area is 180 Å². The molecular weight excluding hydrogens is 454 g/mol. The summed E-state index contributed by atoms with van der Waals surface area (Å²) in [6.07, 6.45) is 0. The van der Waals surface area contributed by atoms with Gasteiger partial charge in [-0.1, -0.05) is 40.2 Å². The van der Waals surface area contributed by atoms with E-state index in [1.54, 1.807) is 50.6 Å². The SMILES string of the molecule is COc1ccc(S(=O)(=O)N(c2cccc(Br)c2)C(C)c2ccccc2OC)cc1. The van der Waals surface area contributed by atoms with E-state index in [2.05, 4.69) is 15.9 Å². The normalized spacial score (nSPS) is 12.3. The number of hydrogen-bond donors (Lipinski definition) is 0. The van der Waals surface area contributed by atoms with Crippen molar-refractivity contribution in [2.75, 3.05) is 18.5 Å². The highest BCUT2D eigenvalue weighted by atomic mass is 79.9. The smallest absolute Gasteiger partial charge is 0.264 e. The molecule has 7 heteroatoms. The maximum Gasteiger partial charge on any atom is 0.264 e. The second-order valence-corrected chi connectivity index (χ2v) is 9.10. The maximum absolute atomic E-state index is 13.7. The van der Waals surface area contributed by atoms with Gasteiger partial charge in [0.15, 0.2) is 0 Å². The Bertz CT molecular complexity index is 1080. The monoisotopic (exact) mass is 475 g/mol. The van der Waals surface area contributed by atoms with E-state index in [4.69, 9.17) is 9.47 Å². The zero-order valence-electron chi connectivity index (χ0n) is 16.4. The largest absolute Gasteiger partial charge is 0.497 e. The molecule has 1 atom stereocenters. The predicted octanol–water partition coefficient (Wildman–Crippen LogP) is 5.42. The number of para-hydroxylation sites is 1. The number of sulfonamides is 1. The highest BCUT2D eigenvalue weighted by Gasteiger charge is 2.32. The van der Waals surface area contributed by atoms with Crippen LogP contribution in [0.1, 0.15) is 18.5 Å². The standard InChI is InChI=1S/C22H22BrNO4S/c1-16(21-9-4-5-10-22(21)28-3)24(18-8-6-7-17(23)15-18)29(25,26)20-13-11-19(27-2)12-14-20/h4-16H,1-3H3. The molecule has 0 radical (unpaired) electrons.